The van der Waals surface area contributed by atoms with Crippen LogP contribution in [0.2, 0.25) is 0 Å². The van der Waals surface area contributed by atoms with Gasteiger partial charge in [0.2, 0.25) is 5.88 Å². The zero-order valence-electron chi connectivity index (χ0n) is 19.5. The molecule has 2 amide bonds. The number of nitrogens with zero attached hydrogens (tertiary/aromatic N) is 5. The van der Waals surface area contributed by atoms with Gasteiger partial charge in [-0.1, -0.05) is 30.7 Å². The molecule has 1 aliphatic heterocycles. The highest BCUT2D eigenvalue weighted by Gasteiger charge is 2.31. The van der Waals surface area contributed by atoms with Gasteiger partial charge in [0.15, 0.2) is 5.82 Å². The lowest BCUT2D eigenvalue weighted by Crippen LogP contribution is -2.42. The molecule has 0 radical (unpaired) electrons. The van der Waals surface area contributed by atoms with E-state index in [9.17, 15) is 18.0 Å². The first-order chi connectivity index (χ1) is 17.2. The van der Waals surface area contributed by atoms with Crippen molar-refractivity contribution in [1.29, 1.82) is 0 Å². The summed E-state index contributed by atoms with van der Waals surface area (Å²) in [6, 6.07) is 6.65. The van der Waals surface area contributed by atoms with E-state index in [0.717, 1.165) is 11.1 Å². The van der Waals surface area contributed by atoms with E-state index < -0.39 is 11.7 Å². The lowest BCUT2D eigenvalue weighted by Gasteiger charge is -2.33. The van der Waals surface area contributed by atoms with Crippen LogP contribution in [0, 0.1) is 5.92 Å². The normalized spacial score (nSPS) is 17.1. The minimum absolute atomic E-state index is 0.106. The van der Waals surface area contributed by atoms with Crippen molar-refractivity contribution in [2.75, 3.05) is 25.5 Å². The summed E-state index contributed by atoms with van der Waals surface area (Å²) >= 11 is 0. The van der Waals surface area contributed by atoms with Gasteiger partial charge in [0.05, 0.1) is 25.1 Å². The third-order valence-corrected chi connectivity index (χ3v) is 5.53. The predicted molar refractivity (Wildman–Crippen MR) is 124 cm³/mol. The molecule has 36 heavy (non-hydrogen) atoms. The maximum Gasteiger partial charge on any atom is 0.419 e. The van der Waals surface area contributed by atoms with Crippen molar-refractivity contribution in [3.8, 4) is 17.6 Å². The number of likely N-dealkylation sites (tertiary alicyclic amines) is 1. The number of anilines is 1. The number of rotatable bonds is 5. The van der Waals surface area contributed by atoms with Gasteiger partial charge in [-0.3, -0.25) is 5.32 Å². The van der Waals surface area contributed by atoms with Crippen molar-refractivity contribution >= 4 is 17.9 Å². The van der Waals surface area contributed by atoms with Crippen LogP contribution in [0.1, 0.15) is 24.5 Å². The van der Waals surface area contributed by atoms with Gasteiger partial charge in [0.25, 0.3) is 0 Å². The second-order valence-corrected chi connectivity index (χ2v) is 8.12. The molecule has 4 rings (SSSR count). The maximum atomic E-state index is 12.7. The molecule has 3 aromatic rings. The summed E-state index contributed by atoms with van der Waals surface area (Å²) in [7, 11) is 1.49. The molecule has 2 aromatic heterocycles. The van der Waals surface area contributed by atoms with Crippen LogP contribution in [0.5, 0.6) is 17.6 Å². The van der Waals surface area contributed by atoms with Gasteiger partial charge in [0.1, 0.15) is 5.75 Å². The zero-order valence-corrected chi connectivity index (χ0v) is 19.5. The van der Waals surface area contributed by atoms with E-state index in [1.807, 2.05) is 19.1 Å². The van der Waals surface area contributed by atoms with Crippen LogP contribution in [0.3, 0.4) is 0 Å². The van der Waals surface area contributed by atoms with Gasteiger partial charge >= 0.3 is 18.2 Å². The highest BCUT2D eigenvalue weighted by molar-refractivity contribution is 5.88. The third kappa shape index (κ3) is 6.26. The minimum atomic E-state index is -4.51. The van der Waals surface area contributed by atoms with Crippen LogP contribution in [-0.4, -0.2) is 51.1 Å². The fraction of sp³-hybridized carbons (Fsp3) is 0.292. The standard InChI is InChI=1S/C24H23F3N6O3/c1-15-14-33(23(34)32-20-12-29-21(35-2)13-28-20)7-6-17(15)8-16-4-3-5-19(9-16)36-22-30-10-18(11-31-22)24(25,26)27/h3-5,8-13,15H,6-7,14H2,1-2H3,(H,28,32,34). The molecular formula is C24H23F3N6O3. The Bertz CT molecular complexity index is 1230. The van der Waals surface area contributed by atoms with E-state index in [1.165, 1.54) is 19.5 Å². The number of methoxy groups -OCH3 is 1. The summed E-state index contributed by atoms with van der Waals surface area (Å²) in [5, 5.41) is 2.74. The minimum Gasteiger partial charge on any atom is -0.480 e. The first kappa shape index (κ1) is 24.9. The van der Waals surface area contributed by atoms with Crippen molar-refractivity contribution in [3.05, 3.63) is 65.8 Å². The Kier molecular flexibility index (Phi) is 7.32. The second-order valence-electron chi connectivity index (χ2n) is 8.12. The van der Waals surface area contributed by atoms with Crippen LogP contribution in [0.4, 0.5) is 23.8 Å². The van der Waals surface area contributed by atoms with Crippen molar-refractivity contribution in [2.45, 2.75) is 19.5 Å². The number of nitrogens with one attached hydrogen (secondary N) is 1. The Balaban J connectivity index is 1.37. The Morgan fingerprint density at radius 3 is 2.56 bits per heavy atom. The van der Waals surface area contributed by atoms with E-state index in [4.69, 9.17) is 9.47 Å². The van der Waals surface area contributed by atoms with Crippen molar-refractivity contribution < 1.29 is 27.4 Å². The summed E-state index contributed by atoms with van der Waals surface area (Å²) in [5.41, 5.74) is 1.07. The number of aromatic nitrogens is 4. The van der Waals surface area contributed by atoms with Gasteiger partial charge in [0, 0.05) is 25.5 Å². The van der Waals surface area contributed by atoms with Gasteiger partial charge < -0.3 is 14.4 Å². The second kappa shape index (κ2) is 10.6. The van der Waals surface area contributed by atoms with Crippen molar-refractivity contribution in [1.82, 2.24) is 24.8 Å². The molecule has 1 aromatic carbocycles. The Labute approximate surface area is 205 Å². The lowest BCUT2D eigenvalue weighted by molar-refractivity contribution is -0.138. The van der Waals surface area contributed by atoms with Crippen molar-refractivity contribution in [2.24, 2.45) is 5.92 Å². The predicted octanol–water partition coefficient (Wildman–Crippen LogP) is 5.04. The molecule has 1 atom stereocenters. The third-order valence-electron chi connectivity index (χ3n) is 5.53. The summed E-state index contributed by atoms with van der Waals surface area (Å²) in [5.74, 6) is 1.20. The maximum absolute atomic E-state index is 12.7. The molecule has 0 saturated carbocycles. The Hall–Kier alpha value is -4.22. The molecule has 0 aliphatic carbocycles. The highest BCUT2D eigenvalue weighted by atomic mass is 19.4. The van der Waals surface area contributed by atoms with E-state index in [0.29, 0.717) is 49.4 Å². The number of carbonyl (C=O) groups excluding carboxylic acids is 1. The van der Waals surface area contributed by atoms with Gasteiger partial charge in [-0.15, -0.1) is 0 Å². The molecule has 1 saturated heterocycles. The molecule has 3 heterocycles. The SMILES string of the molecule is COc1cnc(NC(=O)N2CCC(=Cc3cccc(Oc4ncc(C(F)(F)F)cn4)c3)C(C)C2)cn1. The Morgan fingerprint density at radius 1 is 1.14 bits per heavy atom. The van der Waals surface area contributed by atoms with Crippen LogP contribution in [0.25, 0.3) is 6.08 Å². The number of amides is 2. The largest absolute Gasteiger partial charge is 0.480 e. The van der Waals surface area contributed by atoms with E-state index in [-0.39, 0.29) is 18.0 Å². The molecule has 12 heteroatoms. The number of piperidine rings is 1. The van der Waals surface area contributed by atoms with Gasteiger partial charge in [-0.2, -0.15) is 13.2 Å². The molecule has 1 aliphatic rings. The fourth-order valence-electron chi connectivity index (χ4n) is 3.63. The molecule has 0 bridgehead atoms. The lowest BCUT2D eigenvalue weighted by atomic mass is 9.91. The number of urea groups is 1. The topological polar surface area (TPSA) is 102 Å². The van der Waals surface area contributed by atoms with Crippen molar-refractivity contribution in [3.63, 3.8) is 0 Å². The number of halogens is 3. The molecule has 9 nitrogen and oxygen atoms in total. The Morgan fingerprint density at radius 2 is 1.92 bits per heavy atom. The highest BCUT2D eigenvalue weighted by Crippen LogP contribution is 2.30. The van der Waals surface area contributed by atoms with Crippen LogP contribution in [-0.2, 0) is 6.18 Å². The monoisotopic (exact) mass is 500 g/mol. The fourth-order valence-corrected chi connectivity index (χ4v) is 3.63. The number of carbonyl (C=O) groups is 1. The van der Waals surface area contributed by atoms with Crippen LogP contribution < -0.4 is 14.8 Å². The van der Waals surface area contributed by atoms with E-state index in [1.54, 1.807) is 23.1 Å². The molecular weight excluding hydrogens is 477 g/mol. The molecule has 188 valence electrons. The average molecular weight is 500 g/mol. The number of hydrogen-bond acceptors (Lipinski definition) is 7. The average Bonchev–Trinajstić information content (AvgIpc) is 2.86. The number of benzene rings is 1. The summed E-state index contributed by atoms with van der Waals surface area (Å²) in [6.07, 6.45) is 2.41. The zero-order chi connectivity index (χ0) is 25.7. The van der Waals surface area contributed by atoms with E-state index >= 15 is 0 Å². The smallest absolute Gasteiger partial charge is 0.419 e. The summed E-state index contributed by atoms with van der Waals surface area (Å²) < 4.78 is 48.5. The quantitative estimate of drug-likeness (QED) is 0.523. The van der Waals surface area contributed by atoms with Gasteiger partial charge in [-0.25, -0.2) is 24.7 Å². The first-order valence-electron chi connectivity index (χ1n) is 11.0. The van der Waals surface area contributed by atoms with Gasteiger partial charge in [-0.05, 0) is 30.0 Å². The molecule has 0 spiro atoms. The molecule has 1 fully saturated rings. The van der Waals surface area contributed by atoms with Crippen LogP contribution in [0.15, 0.2) is 54.6 Å². The number of hydrogen-bond donors (Lipinski definition) is 1. The summed E-state index contributed by atoms with van der Waals surface area (Å²) in [4.78, 5) is 29.7. The summed E-state index contributed by atoms with van der Waals surface area (Å²) in [6.45, 7) is 3.09. The molecule has 1 unspecified atom stereocenters. The van der Waals surface area contributed by atoms with Crippen LogP contribution >= 0.6 is 0 Å². The number of alkyl halides is 3. The first-order valence-corrected chi connectivity index (χ1v) is 11.0. The van der Waals surface area contributed by atoms with E-state index in [2.05, 4.69) is 25.3 Å². The molecule has 1 N–H and O–H groups in total. The number of ether oxygens (including phenoxy) is 2.